The van der Waals surface area contributed by atoms with Gasteiger partial charge in [0.1, 0.15) is 6.67 Å². The molecule has 1 amide bonds. The van der Waals surface area contributed by atoms with Gasteiger partial charge in [-0.3, -0.25) is 4.79 Å². The molecule has 0 radical (unpaired) electrons. The fraction of sp³-hybridized carbons (Fsp3) is 0.278. The lowest BCUT2D eigenvalue weighted by Gasteiger charge is -2.24. The normalized spacial score (nSPS) is 20.6. The van der Waals surface area contributed by atoms with Crippen molar-refractivity contribution in [3.05, 3.63) is 66.2 Å². The molecule has 144 valence electrons. The Hall–Kier alpha value is -2.26. The molecule has 0 aromatic heterocycles. The zero-order chi connectivity index (χ0) is 19.7. The van der Waals surface area contributed by atoms with Crippen molar-refractivity contribution in [2.45, 2.75) is 16.7 Å². The van der Waals surface area contributed by atoms with E-state index in [0.717, 1.165) is 5.56 Å². The van der Waals surface area contributed by atoms with Gasteiger partial charge in [-0.2, -0.15) is 0 Å². The van der Waals surface area contributed by atoms with Gasteiger partial charge in [-0.25, -0.2) is 25.5 Å². The first kappa shape index (κ1) is 19.5. The van der Waals surface area contributed by atoms with Crippen LogP contribution in [-0.2, 0) is 31.1 Å². The van der Waals surface area contributed by atoms with E-state index >= 15 is 0 Å². The SMILES string of the molecule is O=C1C(Cc2ccccc2)CS(=O)(=O)N1C(CF)S(=O)(=O)c1ccccc1. The second-order valence-corrected chi connectivity index (χ2v) is 10.3. The standard InChI is InChI=1S/C18H18FNO5S2/c19-12-17(27(24,25)16-9-5-2-6-10-16)20-18(21)15(13-26(20,22)23)11-14-7-3-1-4-8-14/h1-10,15,17H,11-13H2. The van der Waals surface area contributed by atoms with Gasteiger partial charge in [-0.05, 0) is 24.1 Å². The van der Waals surface area contributed by atoms with E-state index in [9.17, 15) is 26.0 Å². The Bertz CT molecular complexity index is 1020. The average Bonchev–Trinajstić information content (AvgIpc) is 2.87. The summed E-state index contributed by atoms with van der Waals surface area (Å²) in [6.45, 7) is -1.51. The van der Waals surface area contributed by atoms with Gasteiger partial charge in [-0.1, -0.05) is 48.5 Å². The molecule has 1 heterocycles. The number of rotatable bonds is 6. The summed E-state index contributed by atoms with van der Waals surface area (Å²) in [5, 5.41) is -2.10. The molecule has 1 aliphatic heterocycles. The molecule has 0 spiro atoms. The third-order valence-corrected chi connectivity index (χ3v) is 8.40. The number of carbonyl (C=O) groups is 1. The van der Waals surface area contributed by atoms with Gasteiger partial charge < -0.3 is 0 Å². The van der Waals surface area contributed by atoms with Gasteiger partial charge >= 0.3 is 0 Å². The largest absolute Gasteiger partial charge is 0.273 e. The summed E-state index contributed by atoms with van der Waals surface area (Å²) in [5.41, 5.74) is 0.746. The number of amides is 1. The van der Waals surface area contributed by atoms with Crippen LogP contribution in [0.3, 0.4) is 0 Å². The molecule has 2 aromatic rings. The lowest BCUT2D eigenvalue weighted by Crippen LogP contribution is -2.46. The van der Waals surface area contributed by atoms with Crippen LogP contribution in [0.25, 0.3) is 0 Å². The fourth-order valence-corrected chi connectivity index (χ4v) is 7.00. The Morgan fingerprint density at radius 2 is 1.59 bits per heavy atom. The summed E-state index contributed by atoms with van der Waals surface area (Å²) in [4.78, 5) is 12.5. The second-order valence-electron chi connectivity index (χ2n) is 6.27. The molecule has 2 unspecified atom stereocenters. The summed E-state index contributed by atoms with van der Waals surface area (Å²) >= 11 is 0. The van der Waals surface area contributed by atoms with Crippen LogP contribution in [0.2, 0.25) is 0 Å². The van der Waals surface area contributed by atoms with Crippen molar-refractivity contribution in [1.82, 2.24) is 4.31 Å². The molecule has 1 saturated heterocycles. The van der Waals surface area contributed by atoms with Crippen molar-refractivity contribution < 1.29 is 26.0 Å². The Kier molecular flexibility index (Phi) is 5.34. The summed E-state index contributed by atoms with van der Waals surface area (Å²) in [7, 11) is -8.63. The molecular formula is C18H18FNO5S2. The quantitative estimate of drug-likeness (QED) is 0.723. The van der Waals surface area contributed by atoms with E-state index in [4.69, 9.17) is 0 Å². The van der Waals surface area contributed by atoms with Crippen LogP contribution in [0, 0.1) is 5.92 Å². The van der Waals surface area contributed by atoms with E-state index in [-0.39, 0.29) is 15.6 Å². The lowest BCUT2D eigenvalue weighted by molar-refractivity contribution is -0.129. The van der Waals surface area contributed by atoms with Gasteiger partial charge in [0.05, 0.1) is 16.6 Å². The highest BCUT2D eigenvalue weighted by Crippen LogP contribution is 2.31. The van der Waals surface area contributed by atoms with Crippen molar-refractivity contribution in [3.8, 4) is 0 Å². The van der Waals surface area contributed by atoms with Crippen LogP contribution < -0.4 is 0 Å². The number of carbonyl (C=O) groups excluding carboxylic acids is 1. The minimum atomic E-state index is -4.38. The molecule has 9 heteroatoms. The van der Waals surface area contributed by atoms with Crippen molar-refractivity contribution in [2.75, 3.05) is 12.4 Å². The predicted molar refractivity (Wildman–Crippen MR) is 97.7 cm³/mol. The minimum absolute atomic E-state index is 0.139. The maximum Gasteiger partial charge on any atom is 0.241 e. The summed E-state index contributed by atoms with van der Waals surface area (Å²) in [5.74, 6) is -2.37. The van der Waals surface area contributed by atoms with Crippen molar-refractivity contribution in [1.29, 1.82) is 0 Å². The number of sulfone groups is 1. The highest BCUT2D eigenvalue weighted by atomic mass is 32.2. The zero-order valence-electron chi connectivity index (χ0n) is 14.2. The lowest BCUT2D eigenvalue weighted by atomic mass is 10.0. The molecule has 2 atom stereocenters. The van der Waals surface area contributed by atoms with E-state index in [2.05, 4.69) is 0 Å². The highest BCUT2D eigenvalue weighted by Gasteiger charge is 2.51. The Balaban J connectivity index is 1.95. The van der Waals surface area contributed by atoms with E-state index < -0.39 is 49.5 Å². The third kappa shape index (κ3) is 3.74. The molecule has 27 heavy (non-hydrogen) atoms. The van der Waals surface area contributed by atoms with Crippen molar-refractivity contribution >= 4 is 25.8 Å². The monoisotopic (exact) mass is 411 g/mol. The molecule has 1 fully saturated rings. The number of halogens is 1. The molecule has 0 bridgehead atoms. The van der Waals surface area contributed by atoms with Gasteiger partial charge in [0, 0.05) is 0 Å². The molecule has 3 rings (SSSR count). The van der Waals surface area contributed by atoms with Crippen LogP contribution in [0.1, 0.15) is 5.56 Å². The van der Waals surface area contributed by atoms with Crippen LogP contribution in [0.15, 0.2) is 65.6 Å². The minimum Gasteiger partial charge on any atom is -0.273 e. The zero-order valence-corrected chi connectivity index (χ0v) is 15.9. The van der Waals surface area contributed by atoms with Crippen LogP contribution in [-0.4, -0.2) is 44.8 Å². The maximum absolute atomic E-state index is 13.7. The third-order valence-electron chi connectivity index (χ3n) is 4.43. The molecule has 0 aliphatic carbocycles. The first-order valence-corrected chi connectivity index (χ1v) is 11.4. The number of benzene rings is 2. The van der Waals surface area contributed by atoms with Gasteiger partial charge in [0.15, 0.2) is 5.37 Å². The summed E-state index contributed by atoms with van der Waals surface area (Å²) in [6, 6.07) is 15.7. The maximum atomic E-state index is 13.7. The predicted octanol–water partition coefficient (Wildman–Crippen LogP) is 1.79. The Labute approximate surface area is 157 Å². The van der Waals surface area contributed by atoms with Gasteiger partial charge in [-0.15, -0.1) is 0 Å². The Morgan fingerprint density at radius 3 is 2.15 bits per heavy atom. The van der Waals surface area contributed by atoms with E-state index in [1.165, 1.54) is 24.3 Å². The summed E-state index contributed by atoms with van der Waals surface area (Å²) in [6.07, 6.45) is 0.139. The van der Waals surface area contributed by atoms with E-state index in [0.29, 0.717) is 0 Å². The van der Waals surface area contributed by atoms with Crippen molar-refractivity contribution in [2.24, 2.45) is 5.92 Å². The van der Waals surface area contributed by atoms with E-state index in [1.807, 2.05) is 0 Å². The van der Waals surface area contributed by atoms with Crippen LogP contribution >= 0.6 is 0 Å². The second kappa shape index (κ2) is 7.40. The molecule has 0 N–H and O–H groups in total. The fourth-order valence-electron chi connectivity index (χ4n) is 3.13. The molecular weight excluding hydrogens is 393 g/mol. The van der Waals surface area contributed by atoms with Crippen molar-refractivity contribution in [3.63, 3.8) is 0 Å². The first-order valence-electron chi connectivity index (χ1n) is 8.22. The smallest absolute Gasteiger partial charge is 0.241 e. The number of nitrogens with zero attached hydrogens (tertiary/aromatic N) is 1. The Morgan fingerprint density at radius 1 is 1.04 bits per heavy atom. The molecule has 6 nitrogen and oxygen atoms in total. The number of alkyl halides is 1. The number of sulfonamides is 1. The topological polar surface area (TPSA) is 88.6 Å². The van der Waals surface area contributed by atoms with Crippen LogP contribution in [0.5, 0.6) is 0 Å². The molecule has 2 aromatic carbocycles. The number of hydrogen-bond donors (Lipinski definition) is 0. The van der Waals surface area contributed by atoms with Gasteiger partial charge in [0.2, 0.25) is 25.8 Å². The summed E-state index contributed by atoms with van der Waals surface area (Å²) < 4.78 is 64.5. The van der Waals surface area contributed by atoms with Gasteiger partial charge in [0.25, 0.3) is 0 Å². The highest BCUT2D eigenvalue weighted by molar-refractivity contribution is 7.94. The molecule has 0 saturated carbocycles. The number of hydrogen-bond acceptors (Lipinski definition) is 5. The first-order chi connectivity index (χ1) is 12.8. The van der Waals surface area contributed by atoms with E-state index in [1.54, 1.807) is 36.4 Å². The van der Waals surface area contributed by atoms with Crippen LogP contribution in [0.4, 0.5) is 4.39 Å². The molecule has 1 aliphatic rings. The average molecular weight is 411 g/mol.